The van der Waals surface area contributed by atoms with Crippen molar-refractivity contribution in [1.82, 2.24) is 4.90 Å². The summed E-state index contributed by atoms with van der Waals surface area (Å²) in [5, 5.41) is 0. The van der Waals surface area contributed by atoms with Gasteiger partial charge in [-0.05, 0) is 41.0 Å². The second kappa shape index (κ2) is 4.63. The number of hydrogen-bond acceptors (Lipinski definition) is 2. The number of rotatable bonds is 2. The molecule has 0 atom stereocenters. The number of benzene rings is 2. The largest absolute Gasteiger partial charge is 0.399 e. The van der Waals surface area contributed by atoms with E-state index in [1.54, 1.807) is 6.07 Å². The molecule has 19 heavy (non-hydrogen) atoms. The highest BCUT2D eigenvalue weighted by molar-refractivity contribution is 5.46. The van der Waals surface area contributed by atoms with Crippen molar-refractivity contribution < 1.29 is 8.78 Å². The molecule has 0 bridgehead atoms. The first-order valence-corrected chi connectivity index (χ1v) is 6.15. The van der Waals surface area contributed by atoms with Crippen LogP contribution in [0.25, 0.3) is 0 Å². The first kappa shape index (κ1) is 12.1. The Labute approximate surface area is 110 Å². The number of hydrogen-bond donors (Lipinski definition) is 1. The highest BCUT2D eigenvalue weighted by Crippen LogP contribution is 2.26. The van der Waals surface area contributed by atoms with E-state index in [4.69, 9.17) is 5.73 Å². The lowest BCUT2D eigenvalue weighted by Crippen LogP contribution is -2.15. The molecular weight excluding hydrogens is 246 g/mol. The van der Waals surface area contributed by atoms with Gasteiger partial charge in [-0.15, -0.1) is 0 Å². The van der Waals surface area contributed by atoms with Crippen LogP contribution in [-0.2, 0) is 19.6 Å². The molecule has 2 nitrogen and oxygen atoms in total. The van der Waals surface area contributed by atoms with Crippen molar-refractivity contribution in [3.8, 4) is 0 Å². The molecule has 1 aliphatic heterocycles. The quantitative estimate of drug-likeness (QED) is 0.841. The Kier molecular flexibility index (Phi) is 2.95. The van der Waals surface area contributed by atoms with Crippen LogP contribution in [0.15, 0.2) is 36.4 Å². The summed E-state index contributed by atoms with van der Waals surface area (Å²) in [4.78, 5) is 2.18. The molecule has 0 aromatic heterocycles. The number of nitrogens with two attached hydrogens (primary N) is 1. The number of nitrogen functional groups attached to an aromatic ring is 1. The zero-order valence-corrected chi connectivity index (χ0v) is 10.4. The number of halogens is 2. The minimum absolute atomic E-state index is 0.603. The van der Waals surface area contributed by atoms with Crippen molar-refractivity contribution in [3.05, 3.63) is 64.7 Å². The minimum Gasteiger partial charge on any atom is -0.399 e. The lowest BCUT2D eigenvalue weighted by molar-refractivity contribution is 0.275. The van der Waals surface area contributed by atoms with Crippen molar-refractivity contribution >= 4 is 5.69 Å². The van der Waals surface area contributed by atoms with Crippen LogP contribution in [-0.4, -0.2) is 4.90 Å². The number of nitrogens with zero attached hydrogens (tertiary/aromatic N) is 1. The molecule has 1 heterocycles. The third-order valence-electron chi connectivity index (χ3n) is 3.41. The molecular formula is C15H14F2N2. The minimum atomic E-state index is -0.804. The van der Waals surface area contributed by atoms with Gasteiger partial charge in [-0.3, -0.25) is 4.90 Å². The van der Waals surface area contributed by atoms with Crippen molar-refractivity contribution in [1.29, 1.82) is 0 Å². The summed E-state index contributed by atoms with van der Waals surface area (Å²) in [5.74, 6) is -1.60. The summed E-state index contributed by atoms with van der Waals surface area (Å²) in [6.07, 6.45) is 0. The van der Waals surface area contributed by atoms with Crippen LogP contribution in [0.4, 0.5) is 14.5 Å². The van der Waals surface area contributed by atoms with Crippen LogP contribution in [0.5, 0.6) is 0 Å². The summed E-state index contributed by atoms with van der Waals surface area (Å²) in [5.41, 5.74) is 9.75. The molecule has 2 N–H and O–H groups in total. The van der Waals surface area contributed by atoms with Gasteiger partial charge in [-0.1, -0.05) is 12.1 Å². The number of anilines is 1. The molecule has 0 saturated heterocycles. The predicted octanol–water partition coefficient (Wildman–Crippen LogP) is 3.06. The fourth-order valence-electron chi connectivity index (χ4n) is 2.49. The summed E-state index contributed by atoms with van der Waals surface area (Å²) in [7, 11) is 0. The van der Waals surface area contributed by atoms with Gasteiger partial charge in [0.25, 0.3) is 0 Å². The molecule has 4 heteroatoms. The summed E-state index contributed by atoms with van der Waals surface area (Å²) in [6, 6.07) is 9.94. The maximum absolute atomic E-state index is 13.2. The third kappa shape index (κ3) is 2.44. The van der Waals surface area contributed by atoms with Crippen LogP contribution < -0.4 is 5.73 Å². The molecule has 0 radical (unpaired) electrons. The van der Waals surface area contributed by atoms with Crippen molar-refractivity contribution in [2.75, 3.05) is 5.73 Å². The highest BCUT2D eigenvalue weighted by atomic mass is 19.2. The Hall–Kier alpha value is -1.94. The van der Waals surface area contributed by atoms with Crippen LogP contribution in [0, 0.1) is 11.6 Å². The lowest BCUT2D eigenvalue weighted by Gasteiger charge is -2.14. The number of fused-ring (bicyclic) bond motifs is 1. The van der Waals surface area contributed by atoms with E-state index in [0.29, 0.717) is 6.54 Å². The van der Waals surface area contributed by atoms with Gasteiger partial charge in [0, 0.05) is 25.3 Å². The second-order valence-electron chi connectivity index (χ2n) is 4.92. The molecule has 0 unspecified atom stereocenters. The van der Waals surface area contributed by atoms with Crippen molar-refractivity contribution in [2.45, 2.75) is 19.6 Å². The third-order valence-corrected chi connectivity index (χ3v) is 3.41. The Morgan fingerprint density at radius 3 is 2.53 bits per heavy atom. The molecule has 0 saturated carbocycles. The maximum Gasteiger partial charge on any atom is 0.159 e. The van der Waals surface area contributed by atoms with E-state index < -0.39 is 11.6 Å². The SMILES string of the molecule is Nc1ccc2c(c1)CN(Cc1ccc(F)c(F)c1)C2. The molecule has 0 spiro atoms. The van der Waals surface area contributed by atoms with E-state index in [9.17, 15) is 8.78 Å². The zero-order chi connectivity index (χ0) is 13.4. The zero-order valence-electron chi connectivity index (χ0n) is 10.4. The molecule has 3 rings (SSSR count). The summed E-state index contributed by atoms with van der Waals surface area (Å²) in [6.45, 7) is 2.21. The molecule has 98 valence electrons. The highest BCUT2D eigenvalue weighted by Gasteiger charge is 2.19. The Bertz CT molecular complexity index is 626. The second-order valence-corrected chi connectivity index (χ2v) is 4.92. The van der Waals surface area contributed by atoms with Crippen LogP contribution in [0.3, 0.4) is 0 Å². The topological polar surface area (TPSA) is 29.3 Å². The molecule has 0 aliphatic carbocycles. The van der Waals surface area contributed by atoms with Gasteiger partial charge in [0.2, 0.25) is 0 Å². The van der Waals surface area contributed by atoms with Gasteiger partial charge in [-0.2, -0.15) is 0 Å². The first-order chi connectivity index (χ1) is 9.11. The fourth-order valence-corrected chi connectivity index (χ4v) is 2.49. The summed E-state index contributed by atoms with van der Waals surface area (Å²) < 4.78 is 26.0. The molecule has 2 aromatic carbocycles. The van der Waals surface area contributed by atoms with Crippen molar-refractivity contribution in [2.24, 2.45) is 0 Å². The summed E-state index contributed by atoms with van der Waals surface area (Å²) >= 11 is 0. The van der Waals surface area contributed by atoms with Crippen LogP contribution in [0.1, 0.15) is 16.7 Å². The van der Waals surface area contributed by atoms with Gasteiger partial charge in [-0.25, -0.2) is 8.78 Å². The first-order valence-electron chi connectivity index (χ1n) is 6.15. The predicted molar refractivity (Wildman–Crippen MR) is 70.2 cm³/mol. The van der Waals surface area contributed by atoms with Gasteiger partial charge in [0.15, 0.2) is 11.6 Å². The average molecular weight is 260 g/mol. The van der Waals surface area contributed by atoms with Gasteiger partial charge in [0.05, 0.1) is 0 Å². The van der Waals surface area contributed by atoms with Gasteiger partial charge < -0.3 is 5.73 Å². The molecule has 0 amide bonds. The van der Waals surface area contributed by atoms with E-state index in [1.807, 2.05) is 18.2 Å². The Morgan fingerprint density at radius 1 is 0.947 bits per heavy atom. The van der Waals surface area contributed by atoms with E-state index in [-0.39, 0.29) is 0 Å². The van der Waals surface area contributed by atoms with Gasteiger partial charge in [0.1, 0.15) is 0 Å². The van der Waals surface area contributed by atoms with Crippen molar-refractivity contribution in [3.63, 3.8) is 0 Å². The Morgan fingerprint density at radius 2 is 1.74 bits per heavy atom. The van der Waals surface area contributed by atoms with E-state index >= 15 is 0 Å². The van der Waals surface area contributed by atoms with E-state index in [0.717, 1.165) is 24.3 Å². The monoisotopic (exact) mass is 260 g/mol. The lowest BCUT2D eigenvalue weighted by atomic mass is 10.1. The molecule has 0 fully saturated rings. The van der Waals surface area contributed by atoms with Crippen LogP contribution in [0.2, 0.25) is 0 Å². The fraction of sp³-hybridized carbons (Fsp3) is 0.200. The average Bonchev–Trinajstić information content (AvgIpc) is 2.75. The van der Waals surface area contributed by atoms with Crippen LogP contribution >= 0.6 is 0 Å². The van der Waals surface area contributed by atoms with E-state index in [2.05, 4.69) is 4.90 Å². The molecule has 2 aromatic rings. The van der Waals surface area contributed by atoms with E-state index in [1.165, 1.54) is 23.3 Å². The standard InChI is InChI=1S/C15H14F2N2/c16-14-4-1-10(5-15(14)17)7-19-8-11-2-3-13(18)6-12(11)9-19/h1-6H,7-9,18H2. The maximum atomic E-state index is 13.2. The normalized spacial score (nSPS) is 14.6. The van der Waals surface area contributed by atoms with Gasteiger partial charge >= 0.3 is 0 Å². The smallest absolute Gasteiger partial charge is 0.159 e. The Balaban J connectivity index is 1.75. The molecule has 1 aliphatic rings.